The third-order valence-corrected chi connectivity index (χ3v) is 3.21. The highest BCUT2D eigenvalue weighted by atomic mass is 16.5. The lowest BCUT2D eigenvalue weighted by atomic mass is 9.88. The van der Waals surface area contributed by atoms with Gasteiger partial charge in [-0.15, -0.1) is 0 Å². The first-order valence-electron chi connectivity index (χ1n) is 5.58. The maximum Gasteiger partial charge on any atom is 0.125 e. The van der Waals surface area contributed by atoms with Gasteiger partial charge in [-0.25, -0.2) is 0 Å². The monoisotopic (exact) mass is 222 g/mol. The van der Waals surface area contributed by atoms with Crippen LogP contribution in [0.25, 0.3) is 0 Å². The predicted molar refractivity (Wildman–Crippen MR) is 62.2 cm³/mol. The van der Waals surface area contributed by atoms with E-state index in [9.17, 15) is 0 Å². The molecule has 88 valence electrons. The van der Waals surface area contributed by atoms with Crippen molar-refractivity contribution in [3.63, 3.8) is 0 Å². The van der Waals surface area contributed by atoms with Crippen molar-refractivity contribution >= 4 is 0 Å². The van der Waals surface area contributed by atoms with Crippen molar-refractivity contribution in [2.45, 2.75) is 25.4 Å². The van der Waals surface area contributed by atoms with Crippen molar-refractivity contribution in [1.29, 1.82) is 0 Å². The average molecular weight is 222 g/mol. The number of fused-ring (bicyclic) bond motifs is 1. The number of methoxy groups -OCH3 is 3. The van der Waals surface area contributed by atoms with E-state index in [-0.39, 0.29) is 6.10 Å². The molecule has 0 radical (unpaired) electrons. The first-order valence-corrected chi connectivity index (χ1v) is 5.58. The second-order valence-electron chi connectivity index (χ2n) is 3.98. The summed E-state index contributed by atoms with van der Waals surface area (Å²) >= 11 is 0. The third-order valence-electron chi connectivity index (χ3n) is 3.21. The van der Waals surface area contributed by atoms with Gasteiger partial charge in [0.2, 0.25) is 0 Å². The zero-order chi connectivity index (χ0) is 11.5. The largest absolute Gasteiger partial charge is 0.496 e. The molecule has 2 rings (SSSR count). The molecule has 0 saturated heterocycles. The fourth-order valence-electron chi connectivity index (χ4n) is 2.45. The van der Waals surface area contributed by atoms with E-state index in [1.165, 1.54) is 5.56 Å². The van der Waals surface area contributed by atoms with E-state index in [0.29, 0.717) is 0 Å². The molecule has 1 aromatic rings. The Morgan fingerprint density at radius 3 is 2.38 bits per heavy atom. The zero-order valence-corrected chi connectivity index (χ0v) is 10.1. The maximum atomic E-state index is 5.52. The van der Waals surface area contributed by atoms with Crippen LogP contribution in [0.3, 0.4) is 0 Å². The first-order chi connectivity index (χ1) is 7.81. The van der Waals surface area contributed by atoms with Crippen LogP contribution in [0.5, 0.6) is 11.5 Å². The second kappa shape index (κ2) is 4.74. The van der Waals surface area contributed by atoms with Gasteiger partial charge in [-0.2, -0.15) is 0 Å². The van der Waals surface area contributed by atoms with Crippen LogP contribution in [0.15, 0.2) is 12.1 Å². The van der Waals surface area contributed by atoms with E-state index in [1.54, 1.807) is 21.3 Å². The Labute approximate surface area is 96.3 Å². The predicted octanol–water partition coefficient (Wildman–Crippen LogP) is 2.73. The van der Waals surface area contributed by atoms with E-state index >= 15 is 0 Å². The standard InChI is InChI=1S/C13H18O3/c1-14-10-7-8-12(16-3)13-9(10)5-4-6-11(13)15-2/h7-8,11H,4-6H2,1-3H3. The topological polar surface area (TPSA) is 27.7 Å². The number of ether oxygens (including phenoxy) is 3. The lowest BCUT2D eigenvalue weighted by Gasteiger charge is -2.27. The SMILES string of the molecule is COc1ccc(OC)c2c1CCCC2OC. The Morgan fingerprint density at radius 2 is 1.75 bits per heavy atom. The fraction of sp³-hybridized carbons (Fsp3) is 0.538. The van der Waals surface area contributed by atoms with Crippen LogP contribution in [0, 0.1) is 0 Å². The molecule has 1 aromatic carbocycles. The van der Waals surface area contributed by atoms with Crippen molar-refractivity contribution in [1.82, 2.24) is 0 Å². The highest BCUT2D eigenvalue weighted by molar-refractivity contribution is 5.51. The van der Waals surface area contributed by atoms with Gasteiger partial charge >= 0.3 is 0 Å². The highest BCUT2D eigenvalue weighted by Crippen LogP contribution is 2.42. The van der Waals surface area contributed by atoms with Gasteiger partial charge in [0.25, 0.3) is 0 Å². The van der Waals surface area contributed by atoms with E-state index in [0.717, 1.165) is 36.3 Å². The van der Waals surface area contributed by atoms with Gasteiger partial charge in [0, 0.05) is 18.2 Å². The molecule has 1 aliphatic carbocycles. The second-order valence-corrected chi connectivity index (χ2v) is 3.98. The Kier molecular flexibility index (Phi) is 3.34. The summed E-state index contributed by atoms with van der Waals surface area (Å²) in [6.45, 7) is 0. The normalized spacial score (nSPS) is 19.1. The molecule has 16 heavy (non-hydrogen) atoms. The molecule has 0 saturated carbocycles. The van der Waals surface area contributed by atoms with Gasteiger partial charge < -0.3 is 14.2 Å². The van der Waals surface area contributed by atoms with Gasteiger partial charge in [-0.05, 0) is 31.4 Å². The quantitative estimate of drug-likeness (QED) is 0.787. The first kappa shape index (κ1) is 11.3. The summed E-state index contributed by atoms with van der Waals surface area (Å²) in [5.74, 6) is 1.85. The molecule has 3 nitrogen and oxygen atoms in total. The van der Waals surface area contributed by atoms with Gasteiger partial charge in [0.15, 0.2) is 0 Å². The zero-order valence-electron chi connectivity index (χ0n) is 10.1. The molecule has 1 atom stereocenters. The summed E-state index contributed by atoms with van der Waals surface area (Å²) in [6, 6.07) is 3.92. The van der Waals surface area contributed by atoms with Crippen LogP contribution in [0.1, 0.15) is 30.1 Å². The summed E-state index contributed by atoms with van der Waals surface area (Å²) in [4.78, 5) is 0. The number of benzene rings is 1. The fourth-order valence-corrected chi connectivity index (χ4v) is 2.45. The van der Waals surface area contributed by atoms with E-state index in [1.807, 2.05) is 12.1 Å². The molecule has 0 aliphatic heterocycles. The lowest BCUT2D eigenvalue weighted by Crippen LogP contribution is -2.14. The minimum atomic E-state index is 0.133. The van der Waals surface area contributed by atoms with Crippen LogP contribution in [0.2, 0.25) is 0 Å². The van der Waals surface area contributed by atoms with E-state index in [4.69, 9.17) is 14.2 Å². The van der Waals surface area contributed by atoms with Crippen molar-refractivity contribution in [3.8, 4) is 11.5 Å². The molecule has 0 N–H and O–H groups in total. The summed E-state index contributed by atoms with van der Waals surface area (Å²) in [5.41, 5.74) is 2.40. The highest BCUT2D eigenvalue weighted by Gasteiger charge is 2.26. The van der Waals surface area contributed by atoms with Gasteiger partial charge in [-0.1, -0.05) is 0 Å². The lowest BCUT2D eigenvalue weighted by molar-refractivity contribution is 0.0851. The summed E-state index contributed by atoms with van der Waals surface area (Å²) in [6.07, 6.45) is 3.35. The molecule has 0 spiro atoms. The van der Waals surface area contributed by atoms with Gasteiger partial charge in [0.1, 0.15) is 11.5 Å². The van der Waals surface area contributed by atoms with Crippen LogP contribution >= 0.6 is 0 Å². The van der Waals surface area contributed by atoms with E-state index in [2.05, 4.69) is 0 Å². The molecular formula is C13H18O3. The minimum absolute atomic E-state index is 0.133. The van der Waals surface area contributed by atoms with E-state index < -0.39 is 0 Å². The smallest absolute Gasteiger partial charge is 0.125 e. The minimum Gasteiger partial charge on any atom is -0.496 e. The molecule has 0 amide bonds. The van der Waals surface area contributed by atoms with Crippen molar-refractivity contribution in [2.24, 2.45) is 0 Å². The van der Waals surface area contributed by atoms with Crippen molar-refractivity contribution in [2.75, 3.05) is 21.3 Å². The molecular weight excluding hydrogens is 204 g/mol. The molecule has 0 fully saturated rings. The van der Waals surface area contributed by atoms with Crippen molar-refractivity contribution in [3.05, 3.63) is 23.3 Å². The Hall–Kier alpha value is -1.22. The number of hydrogen-bond acceptors (Lipinski definition) is 3. The van der Waals surface area contributed by atoms with Gasteiger partial charge in [-0.3, -0.25) is 0 Å². The molecule has 1 aliphatic rings. The molecule has 3 heteroatoms. The number of hydrogen-bond donors (Lipinski definition) is 0. The van der Waals surface area contributed by atoms with Crippen LogP contribution in [-0.4, -0.2) is 21.3 Å². The maximum absolute atomic E-state index is 5.52. The van der Waals surface area contributed by atoms with Crippen LogP contribution in [0.4, 0.5) is 0 Å². The molecule has 0 bridgehead atoms. The summed E-state index contributed by atoms with van der Waals surface area (Å²) in [5, 5.41) is 0. The average Bonchev–Trinajstić information content (AvgIpc) is 2.36. The Balaban J connectivity index is 2.54. The molecule has 1 unspecified atom stereocenters. The van der Waals surface area contributed by atoms with Gasteiger partial charge in [0.05, 0.1) is 20.3 Å². The van der Waals surface area contributed by atoms with Crippen LogP contribution in [-0.2, 0) is 11.2 Å². The third kappa shape index (κ3) is 1.76. The Morgan fingerprint density at radius 1 is 1.06 bits per heavy atom. The Bertz CT molecular complexity index is 374. The summed E-state index contributed by atoms with van der Waals surface area (Å²) < 4.78 is 16.3. The summed E-state index contributed by atoms with van der Waals surface area (Å²) in [7, 11) is 5.15. The number of rotatable bonds is 3. The molecule has 0 heterocycles. The van der Waals surface area contributed by atoms with Crippen LogP contribution < -0.4 is 9.47 Å². The van der Waals surface area contributed by atoms with Crippen molar-refractivity contribution < 1.29 is 14.2 Å². The molecule has 0 aromatic heterocycles.